The molecule has 0 bridgehead atoms. The van der Waals surface area contributed by atoms with E-state index in [1.807, 2.05) is 51.1 Å². The fraction of sp³-hybridized carbons (Fsp3) is 0.188. The summed E-state index contributed by atoms with van der Waals surface area (Å²) in [6.45, 7) is 5.83. The Morgan fingerprint density at radius 3 is 2.32 bits per heavy atom. The van der Waals surface area contributed by atoms with E-state index in [1.54, 1.807) is 6.07 Å². The number of anilines is 2. The highest BCUT2D eigenvalue weighted by Gasteiger charge is 2.13. The largest absolute Gasteiger partial charge is 0.397 e. The SMILES string of the molecule is Cc1ccc(N)c(NC(=O)c2c(C)cccc2C)c1. The van der Waals surface area contributed by atoms with E-state index in [2.05, 4.69) is 5.32 Å². The summed E-state index contributed by atoms with van der Waals surface area (Å²) in [6, 6.07) is 11.4. The molecule has 0 aromatic heterocycles. The summed E-state index contributed by atoms with van der Waals surface area (Å²) in [5.74, 6) is -0.118. The fourth-order valence-corrected chi connectivity index (χ4v) is 2.14. The molecule has 0 spiro atoms. The molecule has 0 aliphatic heterocycles. The summed E-state index contributed by atoms with van der Waals surface area (Å²) < 4.78 is 0. The third kappa shape index (κ3) is 2.76. The van der Waals surface area contributed by atoms with E-state index in [0.717, 1.165) is 16.7 Å². The second kappa shape index (κ2) is 5.14. The zero-order valence-corrected chi connectivity index (χ0v) is 11.4. The minimum atomic E-state index is -0.118. The standard InChI is InChI=1S/C16H18N2O/c1-10-7-8-13(17)14(9-10)18-16(19)15-11(2)5-4-6-12(15)3/h4-9H,17H2,1-3H3,(H,18,19). The van der Waals surface area contributed by atoms with Gasteiger partial charge in [0.2, 0.25) is 0 Å². The number of nitrogen functional groups attached to an aromatic ring is 1. The minimum Gasteiger partial charge on any atom is -0.397 e. The van der Waals surface area contributed by atoms with Crippen molar-refractivity contribution in [1.29, 1.82) is 0 Å². The lowest BCUT2D eigenvalue weighted by molar-refractivity contribution is 0.102. The zero-order valence-electron chi connectivity index (χ0n) is 11.4. The highest BCUT2D eigenvalue weighted by atomic mass is 16.1. The summed E-state index contributed by atoms with van der Waals surface area (Å²) in [5.41, 5.74) is 10.8. The summed E-state index contributed by atoms with van der Waals surface area (Å²) in [6.07, 6.45) is 0. The van der Waals surface area contributed by atoms with Gasteiger partial charge in [-0.15, -0.1) is 0 Å². The van der Waals surface area contributed by atoms with Gasteiger partial charge in [0.25, 0.3) is 5.91 Å². The molecule has 98 valence electrons. The Morgan fingerprint density at radius 2 is 1.68 bits per heavy atom. The zero-order chi connectivity index (χ0) is 14.0. The predicted octanol–water partition coefficient (Wildman–Crippen LogP) is 3.45. The van der Waals surface area contributed by atoms with Gasteiger partial charge in [-0.3, -0.25) is 4.79 Å². The van der Waals surface area contributed by atoms with Crippen LogP contribution in [0.25, 0.3) is 0 Å². The maximum absolute atomic E-state index is 12.4. The molecule has 1 amide bonds. The highest BCUT2D eigenvalue weighted by molar-refractivity contribution is 6.07. The first-order valence-corrected chi connectivity index (χ1v) is 6.22. The molecule has 3 heteroatoms. The monoisotopic (exact) mass is 254 g/mol. The Labute approximate surface area is 113 Å². The van der Waals surface area contributed by atoms with E-state index in [-0.39, 0.29) is 5.91 Å². The number of amides is 1. The molecule has 0 saturated carbocycles. The number of benzene rings is 2. The quantitative estimate of drug-likeness (QED) is 0.806. The van der Waals surface area contributed by atoms with Crippen LogP contribution in [0.3, 0.4) is 0 Å². The fourth-order valence-electron chi connectivity index (χ4n) is 2.14. The lowest BCUT2D eigenvalue weighted by atomic mass is 10.0. The van der Waals surface area contributed by atoms with Crippen molar-refractivity contribution in [3.8, 4) is 0 Å². The number of aryl methyl sites for hydroxylation is 3. The van der Waals surface area contributed by atoms with Gasteiger partial charge in [0, 0.05) is 5.56 Å². The van der Waals surface area contributed by atoms with Crippen molar-refractivity contribution < 1.29 is 4.79 Å². The van der Waals surface area contributed by atoms with E-state index in [4.69, 9.17) is 5.73 Å². The molecule has 2 aromatic carbocycles. The molecule has 3 nitrogen and oxygen atoms in total. The molecule has 0 atom stereocenters. The lowest BCUT2D eigenvalue weighted by Crippen LogP contribution is -2.16. The summed E-state index contributed by atoms with van der Waals surface area (Å²) in [5, 5.41) is 2.89. The summed E-state index contributed by atoms with van der Waals surface area (Å²) >= 11 is 0. The number of nitrogens with two attached hydrogens (primary N) is 1. The van der Waals surface area contributed by atoms with E-state index in [9.17, 15) is 4.79 Å². The van der Waals surface area contributed by atoms with Crippen molar-refractivity contribution in [3.05, 3.63) is 58.7 Å². The van der Waals surface area contributed by atoms with Gasteiger partial charge in [-0.2, -0.15) is 0 Å². The van der Waals surface area contributed by atoms with E-state index < -0.39 is 0 Å². The van der Waals surface area contributed by atoms with Crippen LogP contribution < -0.4 is 11.1 Å². The molecule has 0 aliphatic carbocycles. The van der Waals surface area contributed by atoms with Crippen LogP contribution in [0.4, 0.5) is 11.4 Å². The molecule has 2 aromatic rings. The van der Waals surface area contributed by atoms with Crippen molar-refractivity contribution >= 4 is 17.3 Å². The van der Waals surface area contributed by atoms with Gasteiger partial charge in [0.15, 0.2) is 0 Å². The Kier molecular flexibility index (Phi) is 3.56. The molecule has 0 saturated heterocycles. The lowest BCUT2D eigenvalue weighted by Gasteiger charge is -2.12. The van der Waals surface area contributed by atoms with Gasteiger partial charge in [-0.1, -0.05) is 24.3 Å². The van der Waals surface area contributed by atoms with Gasteiger partial charge in [0.1, 0.15) is 0 Å². The Morgan fingerprint density at radius 1 is 1.05 bits per heavy atom. The number of carbonyl (C=O) groups is 1. The molecule has 2 rings (SSSR count). The second-order valence-corrected chi connectivity index (χ2v) is 4.81. The van der Waals surface area contributed by atoms with Gasteiger partial charge >= 0.3 is 0 Å². The van der Waals surface area contributed by atoms with E-state index in [1.165, 1.54) is 0 Å². The summed E-state index contributed by atoms with van der Waals surface area (Å²) in [4.78, 5) is 12.4. The highest BCUT2D eigenvalue weighted by Crippen LogP contribution is 2.22. The van der Waals surface area contributed by atoms with Gasteiger partial charge in [-0.05, 0) is 49.6 Å². The van der Waals surface area contributed by atoms with Crippen LogP contribution in [-0.2, 0) is 0 Å². The third-order valence-electron chi connectivity index (χ3n) is 3.17. The Hall–Kier alpha value is -2.29. The van der Waals surface area contributed by atoms with Crippen molar-refractivity contribution in [2.24, 2.45) is 0 Å². The molecule has 0 radical (unpaired) electrons. The molecular weight excluding hydrogens is 236 g/mol. The van der Waals surface area contributed by atoms with Crippen LogP contribution in [-0.4, -0.2) is 5.91 Å². The van der Waals surface area contributed by atoms with E-state index >= 15 is 0 Å². The van der Waals surface area contributed by atoms with Crippen LogP contribution in [0.1, 0.15) is 27.0 Å². The minimum absolute atomic E-state index is 0.118. The predicted molar refractivity (Wildman–Crippen MR) is 79.5 cm³/mol. The smallest absolute Gasteiger partial charge is 0.256 e. The molecule has 0 aliphatic rings. The average Bonchev–Trinajstić information content (AvgIpc) is 2.33. The number of nitrogens with one attached hydrogen (secondary N) is 1. The molecule has 19 heavy (non-hydrogen) atoms. The van der Waals surface area contributed by atoms with Crippen molar-refractivity contribution in [1.82, 2.24) is 0 Å². The Bertz CT molecular complexity index is 612. The van der Waals surface area contributed by atoms with E-state index in [0.29, 0.717) is 16.9 Å². The Balaban J connectivity index is 2.34. The van der Waals surface area contributed by atoms with Crippen molar-refractivity contribution in [2.75, 3.05) is 11.1 Å². The maximum atomic E-state index is 12.4. The number of rotatable bonds is 2. The number of hydrogen-bond acceptors (Lipinski definition) is 2. The first-order chi connectivity index (χ1) is 8.99. The van der Waals surface area contributed by atoms with Gasteiger partial charge < -0.3 is 11.1 Å². The number of hydrogen-bond donors (Lipinski definition) is 2. The number of carbonyl (C=O) groups excluding carboxylic acids is 1. The van der Waals surface area contributed by atoms with Gasteiger partial charge in [-0.25, -0.2) is 0 Å². The van der Waals surface area contributed by atoms with Crippen LogP contribution in [0.15, 0.2) is 36.4 Å². The topological polar surface area (TPSA) is 55.1 Å². The first-order valence-electron chi connectivity index (χ1n) is 6.22. The average molecular weight is 254 g/mol. The maximum Gasteiger partial charge on any atom is 0.256 e. The van der Waals surface area contributed by atoms with Crippen LogP contribution >= 0.6 is 0 Å². The van der Waals surface area contributed by atoms with Crippen molar-refractivity contribution in [2.45, 2.75) is 20.8 Å². The molecule has 0 heterocycles. The van der Waals surface area contributed by atoms with Crippen molar-refractivity contribution in [3.63, 3.8) is 0 Å². The van der Waals surface area contributed by atoms with Crippen LogP contribution in [0, 0.1) is 20.8 Å². The molecule has 0 unspecified atom stereocenters. The first kappa shape index (κ1) is 13.1. The molecular formula is C16H18N2O. The second-order valence-electron chi connectivity index (χ2n) is 4.81. The van der Waals surface area contributed by atoms with Gasteiger partial charge in [0.05, 0.1) is 11.4 Å². The molecule has 0 fully saturated rings. The van der Waals surface area contributed by atoms with Crippen LogP contribution in [0.5, 0.6) is 0 Å². The normalized spacial score (nSPS) is 10.3. The molecule has 3 N–H and O–H groups in total. The summed E-state index contributed by atoms with van der Waals surface area (Å²) in [7, 11) is 0. The van der Waals surface area contributed by atoms with Crippen LogP contribution in [0.2, 0.25) is 0 Å². The third-order valence-corrected chi connectivity index (χ3v) is 3.17.